The van der Waals surface area contributed by atoms with Crippen molar-refractivity contribution in [3.05, 3.63) is 72.1 Å². The van der Waals surface area contributed by atoms with Gasteiger partial charge >= 0.3 is 0 Å². The van der Waals surface area contributed by atoms with E-state index in [1.165, 1.54) is 18.3 Å². The van der Waals surface area contributed by atoms with Crippen molar-refractivity contribution in [2.24, 2.45) is 0 Å². The topological polar surface area (TPSA) is 76.3 Å². The number of aromatic nitrogens is 2. The van der Waals surface area contributed by atoms with Gasteiger partial charge in [-0.25, -0.2) is 8.78 Å². The zero-order valence-electron chi connectivity index (χ0n) is 20.0. The molecule has 0 amide bonds. The lowest BCUT2D eigenvalue weighted by Crippen LogP contribution is -2.58. The van der Waals surface area contributed by atoms with Crippen molar-refractivity contribution >= 4 is 22.3 Å². The van der Waals surface area contributed by atoms with E-state index in [0.29, 0.717) is 5.69 Å². The number of rotatable bonds is 3. The molecule has 8 heteroatoms. The molecule has 2 aliphatic rings. The summed E-state index contributed by atoms with van der Waals surface area (Å²) in [6.07, 6.45) is 4.06. The Hall–Kier alpha value is -3.62. The zero-order chi connectivity index (χ0) is 24.8. The summed E-state index contributed by atoms with van der Waals surface area (Å²) in [7, 11) is 0. The summed E-state index contributed by atoms with van der Waals surface area (Å²) in [6, 6.07) is 12.4. The highest BCUT2D eigenvalue weighted by Crippen LogP contribution is 2.40. The third-order valence-corrected chi connectivity index (χ3v) is 7.06. The number of benzene rings is 2. The largest absolute Gasteiger partial charge is 0.397 e. The molecule has 0 radical (unpaired) electrons. The molecule has 2 aliphatic heterocycles. The zero-order valence-corrected chi connectivity index (χ0v) is 20.0. The van der Waals surface area contributed by atoms with Crippen molar-refractivity contribution in [2.75, 3.05) is 36.9 Å². The molecule has 0 saturated carbocycles. The van der Waals surface area contributed by atoms with Crippen LogP contribution in [0.4, 0.5) is 20.2 Å². The first-order valence-corrected chi connectivity index (χ1v) is 12.2. The van der Waals surface area contributed by atoms with Crippen LogP contribution in [-0.2, 0) is 4.74 Å². The molecule has 0 aliphatic carbocycles. The number of piperidine rings is 1. The number of fused-ring (bicyclic) bond motifs is 2. The molecule has 3 N–H and O–H groups in total. The quantitative estimate of drug-likeness (QED) is 0.436. The fourth-order valence-corrected chi connectivity index (χ4v) is 5.45. The number of pyridine rings is 2. The predicted molar refractivity (Wildman–Crippen MR) is 138 cm³/mol. The van der Waals surface area contributed by atoms with Crippen LogP contribution >= 0.6 is 0 Å². The normalized spacial score (nSPS) is 19.9. The Morgan fingerprint density at radius 3 is 2.75 bits per heavy atom. The molecule has 2 saturated heterocycles. The number of hydrogen-bond acceptors (Lipinski definition) is 6. The van der Waals surface area contributed by atoms with Gasteiger partial charge in [-0.05, 0) is 48.7 Å². The lowest BCUT2D eigenvalue weighted by atomic mass is 9.94. The molecule has 2 aromatic carbocycles. The van der Waals surface area contributed by atoms with Gasteiger partial charge in [0, 0.05) is 48.4 Å². The van der Waals surface area contributed by atoms with Crippen LogP contribution in [0.25, 0.3) is 33.3 Å². The number of nitrogens with two attached hydrogens (primary N) is 1. The SMILES string of the molecule is Cc1cc(F)cc(-c2cnc3ccc(-c4ncc(F)cc4N)cc3c2N2CC[C@H]3OCCN[C@@H]3C2)c1. The number of halogens is 2. The van der Waals surface area contributed by atoms with Crippen LogP contribution in [0.1, 0.15) is 12.0 Å². The van der Waals surface area contributed by atoms with Crippen LogP contribution in [0.2, 0.25) is 0 Å². The Labute approximate surface area is 208 Å². The maximum absolute atomic E-state index is 14.5. The average Bonchev–Trinajstić information content (AvgIpc) is 2.87. The van der Waals surface area contributed by atoms with Gasteiger partial charge in [-0.15, -0.1) is 0 Å². The fourth-order valence-electron chi connectivity index (χ4n) is 5.45. The highest BCUT2D eigenvalue weighted by atomic mass is 19.1. The molecule has 36 heavy (non-hydrogen) atoms. The average molecular weight is 488 g/mol. The number of hydrogen-bond donors (Lipinski definition) is 2. The first-order valence-electron chi connectivity index (χ1n) is 12.2. The molecular formula is C28H27F2N5O. The highest BCUT2D eigenvalue weighted by Gasteiger charge is 2.33. The minimum Gasteiger partial charge on any atom is -0.397 e. The van der Waals surface area contributed by atoms with Gasteiger partial charge in [0.05, 0.1) is 47.5 Å². The standard InChI is InChI=1S/C28H27F2N5O/c1-16-8-18(10-19(29)9-16)22-14-33-24-3-2-17(27-23(31)12-20(30)13-34-27)11-21(24)28(22)35-6-4-26-25(15-35)32-5-7-36-26/h2-3,8-14,25-26,32H,4-7,15,31H2,1H3/t25-,26-/m1/s1. The van der Waals surface area contributed by atoms with Crippen LogP contribution in [0, 0.1) is 18.6 Å². The van der Waals surface area contributed by atoms with Gasteiger partial charge in [-0.3, -0.25) is 9.97 Å². The van der Waals surface area contributed by atoms with Crippen LogP contribution in [0.15, 0.2) is 54.9 Å². The Balaban J connectivity index is 1.55. The van der Waals surface area contributed by atoms with Crippen molar-refractivity contribution < 1.29 is 13.5 Å². The number of nitrogens with one attached hydrogen (secondary N) is 1. The molecule has 4 aromatic rings. The number of ether oxygens (including phenoxy) is 1. The Morgan fingerprint density at radius 1 is 1.03 bits per heavy atom. The number of aryl methyl sites for hydroxylation is 1. The predicted octanol–water partition coefficient (Wildman–Crippen LogP) is 4.70. The van der Waals surface area contributed by atoms with Crippen LogP contribution < -0.4 is 16.0 Å². The molecule has 6 rings (SSSR count). The van der Waals surface area contributed by atoms with Gasteiger partial charge in [0.2, 0.25) is 0 Å². The summed E-state index contributed by atoms with van der Waals surface area (Å²) >= 11 is 0. The van der Waals surface area contributed by atoms with Crippen molar-refractivity contribution in [2.45, 2.75) is 25.5 Å². The van der Waals surface area contributed by atoms with E-state index in [1.807, 2.05) is 37.4 Å². The Kier molecular flexibility index (Phi) is 5.78. The van der Waals surface area contributed by atoms with Gasteiger partial charge in [0.15, 0.2) is 0 Å². The number of morpholine rings is 1. The third-order valence-electron chi connectivity index (χ3n) is 7.06. The summed E-state index contributed by atoms with van der Waals surface area (Å²) in [4.78, 5) is 11.3. The van der Waals surface area contributed by atoms with E-state index in [4.69, 9.17) is 15.5 Å². The number of nitrogen functional groups attached to an aromatic ring is 1. The maximum Gasteiger partial charge on any atom is 0.143 e. The second-order valence-corrected chi connectivity index (χ2v) is 9.57. The summed E-state index contributed by atoms with van der Waals surface area (Å²) in [5.74, 6) is -0.762. The lowest BCUT2D eigenvalue weighted by molar-refractivity contribution is -0.0134. The van der Waals surface area contributed by atoms with E-state index in [2.05, 4.69) is 15.2 Å². The lowest BCUT2D eigenvalue weighted by Gasteiger charge is -2.43. The molecule has 6 nitrogen and oxygen atoms in total. The molecule has 0 bridgehead atoms. The molecule has 4 heterocycles. The minimum atomic E-state index is -0.478. The van der Waals surface area contributed by atoms with E-state index < -0.39 is 5.82 Å². The van der Waals surface area contributed by atoms with Crippen molar-refractivity contribution in [3.63, 3.8) is 0 Å². The third kappa shape index (κ3) is 4.16. The van der Waals surface area contributed by atoms with E-state index in [0.717, 1.165) is 71.5 Å². The van der Waals surface area contributed by atoms with Crippen molar-refractivity contribution in [3.8, 4) is 22.4 Å². The molecule has 184 valence electrons. The first-order chi connectivity index (χ1) is 17.5. The van der Waals surface area contributed by atoms with E-state index in [-0.39, 0.29) is 23.7 Å². The van der Waals surface area contributed by atoms with E-state index in [9.17, 15) is 8.78 Å². The van der Waals surface area contributed by atoms with Gasteiger partial charge < -0.3 is 20.7 Å². The highest BCUT2D eigenvalue weighted by molar-refractivity contribution is 6.02. The van der Waals surface area contributed by atoms with Gasteiger partial charge in [-0.1, -0.05) is 12.1 Å². The first kappa shape index (κ1) is 22.8. The smallest absolute Gasteiger partial charge is 0.143 e. The van der Waals surface area contributed by atoms with Crippen molar-refractivity contribution in [1.82, 2.24) is 15.3 Å². The number of nitrogens with zero attached hydrogens (tertiary/aromatic N) is 3. The van der Waals surface area contributed by atoms with E-state index in [1.54, 1.807) is 6.07 Å². The fraction of sp³-hybridized carbons (Fsp3) is 0.286. The summed E-state index contributed by atoms with van der Waals surface area (Å²) in [6.45, 7) is 4.98. The number of anilines is 2. The Morgan fingerprint density at radius 2 is 1.92 bits per heavy atom. The Bertz CT molecular complexity index is 1440. The molecule has 2 fully saturated rings. The van der Waals surface area contributed by atoms with Crippen LogP contribution in [0.5, 0.6) is 0 Å². The summed E-state index contributed by atoms with van der Waals surface area (Å²) in [5.41, 5.74) is 11.9. The van der Waals surface area contributed by atoms with Gasteiger partial charge in [0.1, 0.15) is 11.6 Å². The molecule has 2 aromatic heterocycles. The van der Waals surface area contributed by atoms with Crippen LogP contribution in [-0.4, -0.2) is 48.4 Å². The molecule has 0 unspecified atom stereocenters. The molecule has 2 atom stereocenters. The van der Waals surface area contributed by atoms with Gasteiger partial charge in [-0.2, -0.15) is 0 Å². The van der Waals surface area contributed by atoms with Crippen molar-refractivity contribution in [1.29, 1.82) is 0 Å². The molecule has 0 spiro atoms. The summed E-state index contributed by atoms with van der Waals surface area (Å²) in [5, 5.41) is 4.50. The van der Waals surface area contributed by atoms with Gasteiger partial charge in [0.25, 0.3) is 0 Å². The second-order valence-electron chi connectivity index (χ2n) is 9.57. The monoisotopic (exact) mass is 487 g/mol. The molecular weight excluding hydrogens is 460 g/mol. The maximum atomic E-state index is 14.5. The van der Waals surface area contributed by atoms with E-state index >= 15 is 0 Å². The minimum absolute atomic E-state index is 0.182. The summed E-state index contributed by atoms with van der Waals surface area (Å²) < 4.78 is 34.1. The van der Waals surface area contributed by atoms with Crippen LogP contribution in [0.3, 0.4) is 0 Å². The second kappa shape index (κ2) is 9.11.